The maximum absolute atomic E-state index is 13.5. The molecule has 7 nitrogen and oxygen atoms in total. The van der Waals surface area contributed by atoms with Crippen molar-refractivity contribution in [2.75, 3.05) is 46.2 Å². The molecule has 0 saturated carbocycles. The number of piperidine rings is 1. The number of benzene rings is 2. The van der Waals surface area contributed by atoms with Gasteiger partial charge in [0.25, 0.3) is 0 Å². The molecule has 1 heterocycles. The lowest BCUT2D eigenvalue weighted by Gasteiger charge is -2.37. The zero-order valence-electron chi connectivity index (χ0n) is 19.4. The van der Waals surface area contributed by atoms with Crippen LogP contribution in [-0.2, 0) is 31.0 Å². The normalized spacial score (nSPS) is 16.3. The first kappa shape index (κ1) is 25.8. The summed E-state index contributed by atoms with van der Waals surface area (Å²) < 4.78 is 57.5. The van der Waals surface area contributed by atoms with E-state index in [4.69, 9.17) is 4.74 Å². The Labute approximate surface area is 198 Å². The lowest BCUT2D eigenvalue weighted by molar-refractivity contribution is 0.127. The Morgan fingerprint density at radius 2 is 1.64 bits per heavy atom. The third-order valence-corrected chi connectivity index (χ3v) is 9.16. The van der Waals surface area contributed by atoms with Crippen molar-refractivity contribution in [3.05, 3.63) is 60.2 Å². The van der Waals surface area contributed by atoms with E-state index in [0.29, 0.717) is 0 Å². The van der Waals surface area contributed by atoms with Gasteiger partial charge in [0.2, 0.25) is 10.0 Å². The predicted molar refractivity (Wildman–Crippen MR) is 130 cm³/mol. The second-order valence-corrected chi connectivity index (χ2v) is 12.4. The fourth-order valence-corrected chi connectivity index (χ4v) is 6.72. The highest BCUT2D eigenvalue weighted by atomic mass is 32.2. The van der Waals surface area contributed by atoms with Gasteiger partial charge in [-0.3, -0.25) is 0 Å². The molecule has 1 aliphatic rings. The molecule has 33 heavy (non-hydrogen) atoms. The first-order valence-electron chi connectivity index (χ1n) is 11.3. The fourth-order valence-electron chi connectivity index (χ4n) is 4.26. The van der Waals surface area contributed by atoms with Crippen LogP contribution in [-0.4, -0.2) is 78.2 Å². The Hall–Kier alpha value is -1.78. The Kier molecular flexibility index (Phi) is 9.06. The summed E-state index contributed by atoms with van der Waals surface area (Å²) in [4.78, 5) is 2.40. The minimum absolute atomic E-state index is 0.00324. The molecule has 0 N–H and O–H groups in total. The lowest BCUT2D eigenvalue weighted by Crippen LogP contribution is -2.48. The molecule has 3 rings (SSSR count). The molecule has 0 aromatic heterocycles. The fraction of sp³-hybridized carbons (Fsp3) is 0.500. The van der Waals surface area contributed by atoms with Gasteiger partial charge < -0.3 is 9.64 Å². The second kappa shape index (κ2) is 11.6. The summed E-state index contributed by atoms with van der Waals surface area (Å²) in [5.74, 6) is 0. The van der Waals surface area contributed by atoms with E-state index in [9.17, 15) is 16.8 Å². The van der Waals surface area contributed by atoms with Crippen molar-refractivity contribution < 1.29 is 21.6 Å². The van der Waals surface area contributed by atoms with E-state index >= 15 is 0 Å². The van der Waals surface area contributed by atoms with Gasteiger partial charge in [-0.25, -0.2) is 16.8 Å². The van der Waals surface area contributed by atoms with Gasteiger partial charge in [0.1, 0.15) is 0 Å². The Balaban J connectivity index is 1.65. The molecule has 0 radical (unpaired) electrons. The number of aryl methyl sites for hydroxylation is 1. The number of likely N-dealkylation sites (tertiary alicyclic amines) is 1. The van der Waals surface area contributed by atoms with Crippen LogP contribution in [0.4, 0.5) is 0 Å². The number of sulfonamides is 1. The highest BCUT2D eigenvalue weighted by molar-refractivity contribution is 7.91. The van der Waals surface area contributed by atoms with Crippen LogP contribution in [0.15, 0.2) is 64.4 Å². The summed E-state index contributed by atoms with van der Waals surface area (Å²) in [6, 6.07) is 15.9. The average Bonchev–Trinajstić information content (AvgIpc) is 2.80. The van der Waals surface area contributed by atoms with Crippen molar-refractivity contribution >= 4 is 19.9 Å². The quantitative estimate of drug-likeness (QED) is 0.478. The molecule has 0 aliphatic carbocycles. The molecule has 9 heteroatoms. The first-order chi connectivity index (χ1) is 15.7. The summed E-state index contributed by atoms with van der Waals surface area (Å²) in [7, 11) is -5.81. The number of rotatable bonds is 11. The third-order valence-electron chi connectivity index (χ3n) is 6.10. The zero-order chi connectivity index (χ0) is 23.9. The molecule has 0 unspecified atom stereocenters. The average molecular weight is 495 g/mol. The zero-order valence-corrected chi connectivity index (χ0v) is 21.0. The smallest absolute Gasteiger partial charge is 0.243 e. The molecule has 0 amide bonds. The van der Waals surface area contributed by atoms with Gasteiger partial charge in [0.15, 0.2) is 9.84 Å². The molecule has 2 aromatic carbocycles. The Bertz CT molecular complexity index is 1100. The molecular weight excluding hydrogens is 460 g/mol. The Morgan fingerprint density at radius 1 is 0.970 bits per heavy atom. The molecule has 0 bridgehead atoms. The van der Waals surface area contributed by atoms with Crippen molar-refractivity contribution in [1.29, 1.82) is 0 Å². The molecule has 0 atom stereocenters. The summed E-state index contributed by atoms with van der Waals surface area (Å²) in [5.41, 5.74) is 1.33. The summed E-state index contributed by atoms with van der Waals surface area (Å²) in [5, 5.41) is 0. The van der Waals surface area contributed by atoms with Crippen molar-refractivity contribution in [2.45, 2.75) is 41.5 Å². The summed E-state index contributed by atoms with van der Waals surface area (Å²) >= 11 is 0. The maximum Gasteiger partial charge on any atom is 0.243 e. The van der Waals surface area contributed by atoms with Crippen molar-refractivity contribution in [3.8, 4) is 0 Å². The number of ether oxygens (including phenoxy) is 1. The van der Waals surface area contributed by atoms with Gasteiger partial charge in [-0.1, -0.05) is 36.4 Å². The number of hydrogen-bond acceptors (Lipinski definition) is 6. The standard InChI is InChI=1S/C24H34N2O5S2/c1-31-19-18-26(33(29,30)24-12-6-11-23(20-24)32(2,27)28)22-13-16-25(17-14-22)15-7-10-21-8-4-3-5-9-21/h3-6,8-9,11-12,20,22H,7,10,13-19H2,1-2H3. The van der Waals surface area contributed by atoms with Crippen molar-refractivity contribution in [1.82, 2.24) is 9.21 Å². The summed E-state index contributed by atoms with van der Waals surface area (Å²) in [6.07, 6.45) is 4.65. The van der Waals surface area contributed by atoms with Crippen LogP contribution in [0.2, 0.25) is 0 Å². The number of methoxy groups -OCH3 is 1. The number of hydrogen-bond donors (Lipinski definition) is 0. The van der Waals surface area contributed by atoms with E-state index in [1.807, 2.05) is 6.07 Å². The van der Waals surface area contributed by atoms with Crippen LogP contribution >= 0.6 is 0 Å². The number of sulfone groups is 1. The molecule has 1 aliphatic heterocycles. The summed E-state index contributed by atoms with van der Waals surface area (Å²) in [6.45, 7) is 3.18. The van der Waals surface area contributed by atoms with Gasteiger partial charge in [-0.15, -0.1) is 0 Å². The van der Waals surface area contributed by atoms with Crippen molar-refractivity contribution in [2.24, 2.45) is 0 Å². The van der Waals surface area contributed by atoms with E-state index in [1.54, 1.807) is 7.11 Å². The van der Waals surface area contributed by atoms with Crippen LogP contribution in [0, 0.1) is 0 Å². The van der Waals surface area contributed by atoms with Gasteiger partial charge in [0, 0.05) is 26.0 Å². The van der Waals surface area contributed by atoms with Gasteiger partial charge >= 0.3 is 0 Å². The first-order valence-corrected chi connectivity index (χ1v) is 14.6. The van der Waals surface area contributed by atoms with Crippen LogP contribution in [0.3, 0.4) is 0 Å². The predicted octanol–water partition coefficient (Wildman–Crippen LogP) is 2.82. The van der Waals surface area contributed by atoms with Crippen molar-refractivity contribution in [3.63, 3.8) is 0 Å². The van der Waals surface area contributed by atoms with E-state index in [1.165, 1.54) is 34.1 Å². The maximum atomic E-state index is 13.5. The topological polar surface area (TPSA) is 84.0 Å². The van der Waals surface area contributed by atoms with E-state index < -0.39 is 19.9 Å². The van der Waals surface area contributed by atoms with Gasteiger partial charge in [-0.05, 0) is 69.1 Å². The Morgan fingerprint density at radius 3 is 2.27 bits per heavy atom. The van der Waals surface area contributed by atoms with E-state index in [-0.39, 0.29) is 29.0 Å². The van der Waals surface area contributed by atoms with Gasteiger partial charge in [-0.2, -0.15) is 4.31 Å². The molecule has 0 spiro atoms. The monoisotopic (exact) mass is 494 g/mol. The second-order valence-electron chi connectivity index (χ2n) is 8.52. The largest absolute Gasteiger partial charge is 0.383 e. The van der Waals surface area contributed by atoms with E-state index in [0.717, 1.165) is 51.6 Å². The van der Waals surface area contributed by atoms with Crippen LogP contribution in [0.25, 0.3) is 0 Å². The highest BCUT2D eigenvalue weighted by Gasteiger charge is 2.34. The minimum Gasteiger partial charge on any atom is -0.383 e. The van der Waals surface area contributed by atoms with Crippen LogP contribution in [0.1, 0.15) is 24.8 Å². The molecular formula is C24H34N2O5S2. The number of nitrogens with zero attached hydrogens (tertiary/aromatic N) is 2. The molecule has 2 aromatic rings. The molecule has 1 fully saturated rings. The lowest BCUT2D eigenvalue weighted by atomic mass is 10.0. The third kappa shape index (κ3) is 7.10. The molecule has 182 valence electrons. The SMILES string of the molecule is COCCN(C1CCN(CCCc2ccccc2)CC1)S(=O)(=O)c1cccc(S(C)(=O)=O)c1. The van der Waals surface area contributed by atoms with E-state index in [2.05, 4.69) is 29.2 Å². The van der Waals surface area contributed by atoms with Crippen LogP contribution < -0.4 is 0 Å². The van der Waals surface area contributed by atoms with Gasteiger partial charge in [0.05, 0.1) is 16.4 Å². The minimum atomic E-state index is -3.86. The van der Waals surface area contributed by atoms with Crippen LogP contribution in [0.5, 0.6) is 0 Å². The highest BCUT2D eigenvalue weighted by Crippen LogP contribution is 2.26. The molecule has 1 saturated heterocycles.